The van der Waals surface area contributed by atoms with Crippen LogP contribution >= 0.6 is 0 Å². The molecule has 1 aromatic heterocycles. The summed E-state index contributed by atoms with van der Waals surface area (Å²) in [6.07, 6.45) is 12.9. The van der Waals surface area contributed by atoms with Crippen molar-refractivity contribution >= 4 is 17.2 Å². The first-order valence-electron chi connectivity index (χ1n) is 7.62. The number of aryl methyl sites for hydroxylation is 2. The van der Waals surface area contributed by atoms with Gasteiger partial charge in [0.15, 0.2) is 0 Å². The Hall–Kier alpha value is -2.08. The number of fused-ring (bicyclic) bond motifs is 1. The van der Waals surface area contributed by atoms with Crippen LogP contribution in [0.2, 0.25) is 0 Å². The number of unbranched alkanes of at least 4 members (excludes halogenated alkanes) is 5. The van der Waals surface area contributed by atoms with E-state index in [1.54, 1.807) is 0 Å². The van der Waals surface area contributed by atoms with Crippen LogP contribution in [-0.2, 0) is 6.54 Å². The normalized spacial score (nSPS) is 10.7. The molecule has 0 aliphatic heterocycles. The second kappa shape index (κ2) is 7.64. The molecule has 3 nitrogen and oxygen atoms in total. The van der Waals surface area contributed by atoms with E-state index in [1.807, 2.05) is 29.8 Å². The molecule has 21 heavy (non-hydrogen) atoms. The zero-order valence-electron chi connectivity index (χ0n) is 12.6. The van der Waals surface area contributed by atoms with Gasteiger partial charge in [-0.2, -0.15) is 5.10 Å². The van der Waals surface area contributed by atoms with E-state index in [0.29, 0.717) is 5.56 Å². The zero-order valence-corrected chi connectivity index (χ0v) is 12.6. The summed E-state index contributed by atoms with van der Waals surface area (Å²) in [7, 11) is 0. The van der Waals surface area contributed by atoms with Crippen LogP contribution in [-0.4, -0.2) is 16.1 Å². The number of benzene rings is 1. The van der Waals surface area contributed by atoms with Crippen LogP contribution in [0.1, 0.15) is 54.6 Å². The maximum Gasteiger partial charge on any atom is 0.150 e. The van der Waals surface area contributed by atoms with Crippen LogP contribution in [0.5, 0.6) is 0 Å². The van der Waals surface area contributed by atoms with Gasteiger partial charge in [0.2, 0.25) is 0 Å². The summed E-state index contributed by atoms with van der Waals surface area (Å²) in [6.45, 7) is 2.92. The van der Waals surface area contributed by atoms with E-state index in [2.05, 4.69) is 11.0 Å². The van der Waals surface area contributed by atoms with Crippen LogP contribution in [0.15, 0.2) is 18.2 Å². The molecule has 0 aliphatic carbocycles. The Morgan fingerprint density at radius 2 is 2.00 bits per heavy atom. The lowest BCUT2D eigenvalue weighted by atomic mass is 10.1. The second-order valence-electron chi connectivity index (χ2n) is 5.42. The van der Waals surface area contributed by atoms with Crippen molar-refractivity contribution in [1.29, 1.82) is 0 Å². The summed E-state index contributed by atoms with van der Waals surface area (Å²) in [6, 6.07) is 5.76. The van der Waals surface area contributed by atoms with Gasteiger partial charge in [-0.15, -0.1) is 12.3 Å². The van der Waals surface area contributed by atoms with Crippen molar-refractivity contribution in [1.82, 2.24) is 9.78 Å². The number of nitrogens with zero attached hydrogens (tertiary/aromatic N) is 2. The van der Waals surface area contributed by atoms with Gasteiger partial charge in [-0.3, -0.25) is 9.48 Å². The summed E-state index contributed by atoms with van der Waals surface area (Å²) in [5.74, 6) is 2.68. The largest absolute Gasteiger partial charge is 0.298 e. The lowest BCUT2D eigenvalue weighted by molar-refractivity contribution is 0.112. The number of aldehydes is 1. The van der Waals surface area contributed by atoms with Crippen molar-refractivity contribution in [3.05, 3.63) is 29.5 Å². The van der Waals surface area contributed by atoms with Gasteiger partial charge in [0, 0.05) is 23.9 Å². The number of rotatable bonds is 8. The number of carbonyl (C=O) groups excluding carboxylic acids is 1. The van der Waals surface area contributed by atoms with Crippen LogP contribution in [0, 0.1) is 19.3 Å². The molecular weight excluding hydrogens is 260 g/mol. The lowest BCUT2D eigenvalue weighted by Crippen LogP contribution is -2.00. The summed E-state index contributed by atoms with van der Waals surface area (Å²) in [4.78, 5) is 10.9. The van der Waals surface area contributed by atoms with Crippen molar-refractivity contribution in [2.45, 2.75) is 52.0 Å². The number of terminal acetylenes is 1. The molecule has 0 N–H and O–H groups in total. The smallest absolute Gasteiger partial charge is 0.150 e. The molecule has 1 heterocycles. The van der Waals surface area contributed by atoms with E-state index in [-0.39, 0.29) is 0 Å². The van der Waals surface area contributed by atoms with Gasteiger partial charge in [-0.05, 0) is 25.8 Å². The van der Waals surface area contributed by atoms with E-state index >= 15 is 0 Å². The molecule has 0 spiro atoms. The predicted molar refractivity (Wildman–Crippen MR) is 86.4 cm³/mol. The molecular formula is C18H22N2O. The van der Waals surface area contributed by atoms with Gasteiger partial charge in [0.05, 0.1) is 11.2 Å². The van der Waals surface area contributed by atoms with E-state index < -0.39 is 0 Å². The molecule has 3 heteroatoms. The third kappa shape index (κ3) is 3.95. The highest BCUT2D eigenvalue weighted by Crippen LogP contribution is 2.20. The first kappa shape index (κ1) is 15.3. The molecule has 2 aromatic rings. The van der Waals surface area contributed by atoms with Crippen molar-refractivity contribution in [3.63, 3.8) is 0 Å². The van der Waals surface area contributed by atoms with Gasteiger partial charge >= 0.3 is 0 Å². The van der Waals surface area contributed by atoms with E-state index in [0.717, 1.165) is 48.7 Å². The average Bonchev–Trinajstić information content (AvgIpc) is 2.82. The Bertz CT molecular complexity index is 649. The molecule has 0 atom stereocenters. The van der Waals surface area contributed by atoms with Gasteiger partial charge in [0.25, 0.3) is 0 Å². The third-order valence-corrected chi connectivity index (χ3v) is 3.79. The number of hydrogen-bond donors (Lipinski definition) is 0. The molecule has 1 aromatic carbocycles. The highest BCUT2D eigenvalue weighted by Gasteiger charge is 2.07. The summed E-state index contributed by atoms with van der Waals surface area (Å²) in [5, 5.41) is 5.72. The Morgan fingerprint density at radius 1 is 1.24 bits per heavy atom. The molecule has 0 radical (unpaired) electrons. The molecule has 110 valence electrons. The van der Waals surface area contributed by atoms with Crippen molar-refractivity contribution < 1.29 is 4.79 Å². The van der Waals surface area contributed by atoms with Crippen LogP contribution in [0.25, 0.3) is 10.9 Å². The Morgan fingerprint density at radius 3 is 2.76 bits per heavy atom. The van der Waals surface area contributed by atoms with Crippen molar-refractivity contribution in [2.75, 3.05) is 0 Å². The number of aromatic nitrogens is 2. The third-order valence-electron chi connectivity index (χ3n) is 3.79. The standard InChI is InChI=1S/C18H22N2O/c1-3-4-5-6-7-8-9-12-20-18-13-16(14-21)10-11-17(18)15(2)19-20/h1,10-11,13-14H,4-9,12H2,2H3. The van der Waals surface area contributed by atoms with Gasteiger partial charge in [-0.1, -0.05) is 31.4 Å². The van der Waals surface area contributed by atoms with Gasteiger partial charge < -0.3 is 0 Å². The quantitative estimate of drug-likeness (QED) is 0.414. The van der Waals surface area contributed by atoms with E-state index in [1.165, 1.54) is 19.3 Å². The Labute approximate surface area is 126 Å². The lowest BCUT2D eigenvalue weighted by Gasteiger charge is -2.04. The molecule has 0 unspecified atom stereocenters. The zero-order chi connectivity index (χ0) is 15.1. The second-order valence-corrected chi connectivity index (χ2v) is 5.42. The molecule has 0 fully saturated rings. The summed E-state index contributed by atoms with van der Waals surface area (Å²) < 4.78 is 2.03. The minimum atomic E-state index is 0.706. The SMILES string of the molecule is C#CCCCCCCCn1nc(C)c2ccc(C=O)cc21. The predicted octanol–water partition coefficient (Wildman–Crippen LogP) is 4.13. The topological polar surface area (TPSA) is 34.9 Å². The highest BCUT2D eigenvalue weighted by atomic mass is 16.1. The number of hydrogen-bond acceptors (Lipinski definition) is 2. The minimum absolute atomic E-state index is 0.706. The Kier molecular flexibility index (Phi) is 5.57. The molecule has 0 saturated heterocycles. The molecule has 0 aliphatic rings. The van der Waals surface area contributed by atoms with Crippen molar-refractivity contribution in [3.8, 4) is 12.3 Å². The minimum Gasteiger partial charge on any atom is -0.298 e. The summed E-state index contributed by atoms with van der Waals surface area (Å²) >= 11 is 0. The average molecular weight is 282 g/mol. The van der Waals surface area contributed by atoms with Crippen LogP contribution in [0.3, 0.4) is 0 Å². The fourth-order valence-electron chi connectivity index (χ4n) is 2.62. The maximum absolute atomic E-state index is 10.9. The van der Waals surface area contributed by atoms with E-state index in [4.69, 9.17) is 6.42 Å². The fourth-order valence-corrected chi connectivity index (χ4v) is 2.62. The Balaban J connectivity index is 1.93. The van der Waals surface area contributed by atoms with Crippen LogP contribution in [0.4, 0.5) is 0 Å². The van der Waals surface area contributed by atoms with Gasteiger partial charge in [0.1, 0.15) is 6.29 Å². The first-order chi connectivity index (χ1) is 10.3. The fraction of sp³-hybridized carbons (Fsp3) is 0.444. The summed E-state index contributed by atoms with van der Waals surface area (Å²) in [5.41, 5.74) is 2.79. The molecule has 0 bridgehead atoms. The first-order valence-corrected chi connectivity index (χ1v) is 7.62. The number of carbonyl (C=O) groups is 1. The maximum atomic E-state index is 10.9. The monoisotopic (exact) mass is 282 g/mol. The van der Waals surface area contributed by atoms with Crippen molar-refractivity contribution in [2.24, 2.45) is 0 Å². The van der Waals surface area contributed by atoms with Gasteiger partial charge in [-0.25, -0.2) is 0 Å². The van der Waals surface area contributed by atoms with E-state index in [9.17, 15) is 4.79 Å². The molecule has 0 saturated carbocycles. The molecule has 2 rings (SSSR count). The van der Waals surface area contributed by atoms with Crippen LogP contribution < -0.4 is 0 Å². The molecule has 0 amide bonds. The highest BCUT2D eigenvalue weighted by molar-refractivity contribution is 5.88.